The molecule has 0 saturated heterocycles. The molecule has 7 nitrogen and oxygen atoms in total. The summed E-state index contributed by atoms with van der Waals surface area (Å²) in [7, 11) is -4.14. The van der Waals surface area contributed by atoms with Crippen molar-refractivity contribution in [1.82, 2.24) is 25.0 Å². The second kappa shape index (κ2) is 11.4. The van der Waals surface area contributed by atoms with Crippen LogP contribution in [0.4, 0.5) is 13.2 Å². The standard InChI is InChI=1S/C28H34F3N5O2S/c1-19(34-39(37,38)25-10-5-7-22(16-25)28(29,30)31)14-24-18-36(35-33-24)27-11-4-6-21-15-20(12-13-26(21)27)17-32-23-8-2-3-9-23/h5,7,10,12-13,15-16,18-19,23,27,32,34H,2-4,6,8-9,11,14,17H2,1H3. The van der Waals surface area contributed by atoms with Crippen LogP contribution < -0.4 is 10.0 Å². The number of hydrogen-bond donors (Lipinski definition) is 2. The molecule has 2 atom stereocenters. The van der Waals surface area contributed by atoms with Crippen LogP contribution in [0.2, 0.25) is 0 Å². The van der Waals surface area contributed by atoms with E-state index in [1.54, 1.807) is 6.92 Å². The molecule has 2 aliphatic carbocycles. The Morgan fingerprint density at radius 2 is 1.87 bits per heavy atom. The minimum absolute atomic E-state index is 0.0592. The van der Waals surface area contributed by atoms with Crippen molar-refractivity contribution in [3.8, 4) is 0 Å². The molecule has 1 fully saturated rings. The first-order chi connectivity index (χ1) is 18.6. The van der Waals surface area contributed by atoms with E-state index in [1.807, 2.05) is 10.9 Å². The lowest BCUT2D eigenvalue weighted by molar-refractivity contribution is -0.137. The minimum atomic E-state index is -4.62. The molecule has 2 aromatic carbocycles. The fraction of sp³-hybridized carbons (Fsp3) is 0.500. The van der Waals surface area contributed by atoms with Gasteiger partial charge in [-0.05, 0) is 73.9 Å². The molecule has 2 N–H and O–H groups in total. The molecular weight excluding hydrogens is 527 g/mol. The van der Waals surface area contributed by atoms with E-state index < -0.39 is 32.7 Å². The quantitative estimate of drug-likeness (QED) is 0.377. The number of alkyl halides is 3. The number of nitrogens with one attached hydrogen (secondary N) is 2. The molecule has 210 valence electrons. The van der Waals surface area contributed by atoms with E-state index in [4.69, 9.17) is 0 Å². The van der Waals surface area contributed by atoms with Crippen LogP contribution in [0.5, 0.6) is 0 Å². The molecule has 1 aromatic heterocycles. The van der Waals surface area contributed by atoms with Crippen LogP contribution in [0.25, 0.3) is 0 Å². The molecule has 0 radical (unpaired) electrons. The maximum absolute atomic E-state index is 13.0. The predicted molar refractivity (Wildman–Crippen MR) is 142 cm³/mol. The topological polar surface area (TPSA) is 88.9 Å². The first-order valence-electron chi connectivity index (χ1n) is 13.5. The van der Waals surface area contributed by atoms with Gasteiger partial charge in [0.05, 0.1) is 22.2 Å². The van der Waals surface area contributed by atoms with Crippen molar-refractivity contribution in [2.24, 2.45) is 0 Å². The summed E-state index contributed by atoms with van der Waals surface area (Å²) in [5.74, 6) is 0. The van der Waals surface area contributed by atoms with Crippen LogP contribution in [-0.4, -0.2) is 35.5 Å². The smallest absolute Gasteiger partial charge is 0.310 e. The van der Waals surface area contributed by atoms with Crippen LogP contribution >= 0.6 is 0 Å². The maximum atomic E-state index is 13.0. The largest absolute Gasteiger partial charge is 0.416 e. The van der Waals surface area contributed by atoms with Crippen molar-refractivity contribution in [2.75, 3.05) is 0 Å². The number of sulfonamides is 1. The van der Waals surface area contributed by atoms with Gasteiger partial charge in [-0.15, -0.1) is 5.10 Å². The number of rotatable bonds is 9. The van der Waals surface area contributed by atoms with E-state index in [-0.39, 0.29) is 12.5 Å². The highest BCUT2D eigenvalue weighted by molar-refractivity contribution is 7.89. The molecule has 0 amide bonds. The van der Waals surface area contributed by atoms with Crippen LogP contribution in [0, 0.1) is 0 Å². The Bertz CT molecular complexity index is 1400. The van der Waals surface area contributed by atoms with E-state index in [0.717, 1.165) is 44.0 Å². The summed E-state index contributed by atoms with van der Waals surface area (Å²) in [4.78, 5) is -0.426. The number of benzene rings is 2. The second-order valence-corrected chi connectivity index (χ2v) is 12.5. The average Bonchev–Trinajstić information content (AvgIpc) is 3.58. The Hall–Kier alpha value is -2.76. The van der Waals surface area contributed by atoms with Gasteiger partial charge in [-0.1, -0.05) is 42.3 Å². The Balaban J connectivity index is 1.23. The highest BCUT2D eigenvalue weighted by atomic mass is 32.2. The molecule has 39 heavy (non-hydrogen) atoms. The molecule has 2 aliphatic rings. The summed E-state index contributed by atoms with van der Waals surface area (Å²) in [5, 5.41) is 12.3. The molecule has 11 heteroatoms. The average molecular weight is 562 g/mol. The van der Waals surface area contributed by atoms with Gasteiger partial charge >= 0.3 is 6.18 Å². The zero-order valence-electron chi connectivity index (χ0n) is 21.9. The van der Waals surface area contributed by atoms with Crippen molar-refractivity contribution < 1.29 is 21.6 Å². The monoisotopic (exact) mass is 561 g/mol. The summed E-state index contributed by atoms with van der Waals surface area (Å²) in [6.45, 7) is 2.53. The Labute approximate surface area is 227 Å². The van der Waals surface area contributed by atoms with Crippen LogP contribution in [0.3, 0.4) is 0 Å². The van der Waals surface area contributed by atoms with Gasteiger partial charge in [0.1, 0.15) is 0 Å². The summed E-state index contributed by atoms with van der Waals surface area (Å²) in [5.41, 5.74) is 3.46. The zero-order chi connectivity index (χ0) is 27.6. The van der Waals surface area contributed by atoms with Gasteiger partial charge in [0.25, 0.3) is 0 Å². The number of hydrogen-bond acceptors (Lipinski definition) is 5. The fourth-order valence-electron chi connectivity index (χ4n) is 5.71. The highest BCUT2D eigenvalue weighted by Crippen LogP contribution is 2.33. The molecule has 0 bridgehead atoms. The van der Waals surface area contributed by atoms with E-state index in [2.05, 4.69) is 38.6 Å². The Kier molecular flexibility index (Phi) is 8.11. The molecule has 3 aromatic rings. The van der Waals surface area contributed by atoms with Crippen molar-refractivity contribution in [3.05, 3.63) is 76.6 Å². The Morgan fingerprint density at radius 3 is 2.64 bits per heavy atom. The number of fused-ring (bicyclic) bond motifs is 1. The van der Waals surface area contributed by atoms with Crippen molar-refractivity contribution in [2.45, 2.75) is 94.0 Å². The summed E-state index contributed by atoms with van der Waals surface area (Å²) in [6.07, 6.45) is 5.61. The number of nitrogens with zero attached hydrogens (tertiary/aromatic N) is 3. The van der Waals surface area contributed by atoms with Crippen molar-refractivity contribution in [3.63, 3.8) is 0 Å². The summed E-state index contributed by atoms with van der Waals surface area (Å²) >= 11 is 0. The van der Waals surface area contributed by atoms with Crippen LogP contribution in [-0.2, 0) is 35.6 Å². The van der Waals surface area contributed by atoms with Gasteiger partial charge < -0.3 is 5.32 Å². The minimum Gasteiger partial charge on any atom is -0.310 e. The lowest BCUT2D eigenvalue weighted by Crippen LogP contribution is -2.34. The normalized spacial score (nSPS) is 19.2. The van der Waals surface area contributed by atoms with Crippen LogP contribution in [0.1, 0.15) is 79.4 Å². The first kappa shape index (κ1) is 27.8. The van der Waals surface area contributed by atoms with Crippen molar-refractivity contribution in [1.29, 1.82) is 0 Å². The lowest BCUT2D eigenvalue weighted by atomic mass is 9.86. The molecular formula is C28H34F3N5O2S. The zero-order valence-corrected chi connectivity index (χ0v) is 22.7. The highest BCUT2D eigenvalue weighted by Gasteiger charge is 2.32. The van der Waals surface area contributed by atoms with Gasteiger partial charge in [0, 0.05) is 31.2 Å². The first-order valence-corrected chi connectivity index (χ1v) is 15.0. The molecule has 5 rings (SSSR count). The van der Waals surface area contributed by atoms with E-state index in [0.29, 0.717) is 17.8 Å². The number of aromatic nitrogens is 3. The molecule has 0 aliphatic heterocycles. The van der Waals surface area contributed by atoms with Crippen molar-refractivity contribution >= 4 is 10.0 Å². The van der Waals surface area contributed by atoms with E-state index in [9.17, 15) is 21.6 Å². The number of aryl methyl sites for hydroxylation is 1. The van der Waals surface area contributed by atoms with E-state index in [1.165, 1.54) is 42.4 Å². The third-order valence-electron chi connectivity index (χ3n) is 7.66. The lowest BCUT2D eigenvalue weighted by Gasteiger charge is -2.26. The summed E-state index contributed by atoms with van der Waals surface area (Å²) < 4.78 is 68.9. The molecule has 0 spiro atoms. The van der Waals surface area contributed by atoms with Crippen LogP contribution in [0.15, 0.2) is 53.6 Å². The molecule has 1 heterocycles. The second-order valence-electron chi connectivity index (χ2n) is 10.7. The van der Waals surface area contributed by atoms with Gasteiger partial charge in [-0.3, -0.25) is 0 Å². The van der Waals surface area contributed by atoms with Gasteiger partial charge in [-0.2, -0.15) is 13.2 Å². The Morgan fingerprint density at radius 1 is 1.08 bits per heavy atom. The summed E-state index contributed by atoms with van der Waals surface area (Å²) in [6, 6.07) is 10.5. The SMILES string of the molecule is CC(Cc1cn(C2CCCc3cc(CNC4CCCC4)ccc32)nn1)NS(=O)(=O)c1cccc(C(F)(F)F)c1. The molecule has 1 saturated carbocycles. The van der Waals surface area contributed by atoms with Gasteiger partial charge in [0.15, 0.2) is 0 Å². The van der Waals surface area contributed by atoms with Gasteiger partial charge in [0.2, 0.25) is 10.0 Å². The third-order valence-corrected chi connectivity index (χ3v) is 9.25. The number of halogens is 3. The van der Waals surface area contributed by atoms with Gasteiger partial charge in [-0.25, -0.2) is 17.8 Å². The fourth-order valence-corrected chi connectivity index (χ4v) is 6.99. The predicted octanol–water partition coefficient (Wildman–Crippen LogP) is 5.16. The third kappa shape index (κ3) is 6.70. The maximum Gasteiger partial charge on any atom is 0.416 e. The molecule has 2 unspecified atom stereocenters. The van der Waals surface area contributed by atoms with E-state index >= 15 is 0 Å².